The van der Waals surface area contributed by atoms with Gasteiger partial charge in [-0.2, -0.15) is 5.26 Å². The molecule has 2 aromatic rings. The van der Waals surface area contributed by atoms with Crippen molar-refractivity contribution in [3.63, 3.8) is 0 Å². The molecule has 25 heavy (non-hydrogen) atoms. The minimum atomic E-state index is -0.468. The summed E-state index contributed by atoms with van der Waals surface area (Å²) in [6, 6.07) is 15.7. The van der Waals surface area contributed by atoms with E-state index in [1.165, 1.54) is 12.1 Å². The van der Waals surface area contributed by atoms with E-state index in [2.05, 4.69) is 11.0 Å². The highest BCUT2D eigenvalue weighted by molar-refractivity contribution is 5.89. The van der Waals surface area contributed by atoms with Crippen molar-refractivity contribution in [2.24, 2.45) is 0 Å². The summed E-state index contributed by atoms with van der Waals surface area (Å²) >= 11 is 0. The number of aliphatic hydroxyl groups excluding tert-OH is 1. The summed E-state index contributed by atoms with van der Waals surface area (Å²) in [7, 11) is 0. The van der Waals surface area contributed by atoms with Crippen LogP contribution in [0.1, 0.15) is 18.1 Å². The van der Waals surface area contributed by atoms with Gasteiger partial charge in [0.2, 0.25) is 0 Å². The van der Waals surface area contributed by atoms with E-state index in [-0.39, 0.29) is 12.3 Å². The van der Waals surface area contributed by atoms with E-state index in [9.17, 15) is 15.4 Å². The number of anilines is 1. The number of likely N-dealkylation sites (N-methyl/N-ethyl adjacent to an activating group) is 1. The van der Waals surface area contributed by atoms with Crippen LogP contribution in [-0.2, 0) is 0 Å². The minimum absolute atomic E-state index is 0.00562. The highest BCUT2D eigenvalue weighted by atomic mass is 16.6. The molecule has 0 aliphatic heterocycles. The van der Waals surface area contributed by atoms with E-state index < -0.39 is 4.92 Å². The summed E-state index contributed by atoms with van der Waals surface area (Å²) in [6.45, 7) is 3.47. The highest BCUT2D eigenvalue weighted by Crippen LogP contribution is 2.22. The summed E-state index contributed by atoms with van der Waals surface area (Å²) in [5, 5.41) is 29.2. The van der Waals surface area contributed by atoms with Crippen LogP contribution in [0.4, 0.5) is 11.4 Å². The number of rotatable bonds is 7. The van der Waals surface area contributed by atoms with Gasteiger partial charge in [0.05, 0.1) is 23.2 Å². The molecular formula is C19H19N3O3. The molecule has 0 radical (unpaired) electrons. The van der Waals surface area contributed by atoms with E-state index in [4.69, 9.17) is 5.11 Å². The normalized spacial score (nSPS) is 11.0. The molecule has 0 aliphatic rings. The smallest absolute Gasteiger partial charge is 0.269 e. The monoisotopic (exact) mass is 337 g/mol. The van der Waals surface area contributed by atoms with Gasteiger partial charge in [0, 0.05) is 30.9 Å². The molecule has 128 valence electrons. The van der Waals surface area contributed by atoms with E-state index in [0.29, 0.717) is 17.7 Å². The fourth-order valence-electron chi connectivity index (χ4n) is 2.48. The lowest BCUT2D eigenvalue weighted by atomic mass is 10.0. The summed E-state index contributed by atoms with van der Waals surface area (Å²) < 4.78 is 0. The summed E-state index contributed by atoms with van der Waals surface area (Å²) in [4.78, 5) is 12.3. The quantitative estimate of drug-likeness (QED) is 0.361. The first-order chi connectivity index (χ1) is 12.1. The SMILES string of the molecule is CCN(CCO)c1ccc(/C=C(\C#N)c2ccc([N+](=O)[O-])cc2)cc1. The van der Waals surface area contributed by atoms with Gasteiger partial charge >= 0.3 is 0 Å². The van der Waals surface area contributed by atoms with Gasteiger partial charge in [0.15, 0.2) is 0 Å². The van der Waals surface area contributed by atoms with Crippen molar-refractivity contribution in [2.75, 3.05) is 24.6 Å². The van der Waals surface area contributed by atoms with Crippen LogP contribution in [0.15, 0.2) is 48.5 Å². The highest BCUT2D eigenvalue weighted by Gasteiger charge is 2.07. The average Bonchev–Trinajstić information content (AvgIpc) is 2.65. The maximum absolute atomic E-state index is 10.7. The number of nitro groups is 1. The first-order valence-electron chi connectivity index (χ1n) is 7.91. The second-order valence-corrected chi connectivity index (χ2v) is 5.37. The number of nitrogens with zero attached hydrogens (tertiary/aromatic N) is 3. The van der Waals surface area contributed by atoms with Crippen LogP contribution >= 0.6 is 0 Å². The van der Waals surface area contributed by atoms with Gasteiger partial charge in [-0.05, 0) is 48.4 Å². The molecule has 0 saturated heterocycles. The maximum atomic E-state index is 10.7. The van der Waals surface area contributed by atoms with Crippen molar-refractivity contribution < 1.29 is 10.0 Å². The van der Waals surface area contributed by atoms with E-state index in [0.717, 1.165) is 17.8 Å². The number of hydrogen-bond donors (Lipinski definition) is 1. The van der Waals surface area contributed by atoms with Crippen LogP contribution in [0.5, 0.6) is 0 Å². The predicted octanol–water partition coefficient (Wildman–Crippen LogP) is 3.48. The van der Waals surface area contributed by atoms with Gasteiger partial charge in [0.1, 0.15) is 0 Å². The van der Waals surface area contributed by atoms with Crippen LogP contribution in [0.2, 0.25) is 0 Å². The number of hydrogen-bond acceptors (Lipinski definition) is 5. The number of allylic oxidation sites excluding steroid dienone is 1. The molecule has 6 nitrogen and oxygen atoms in total. The van der Waals surface area contributed by atoms with Gasteiger partial charge in [-0.25, -0.2) is 0 Å². The van der Waals surface area contributed by atoms with Crippen LogP contribution in [0.25, 0.3) is 11.6 Å². The van der Waals surface area contributed by atoms with Crippen LogP contribution in [-0.4, -0.2) is 29.7 Å². The Labute approximate surface area is 146 Å². The van der Waals surface area contributed by atoms with Crippen molar-refractivity contribution in [3.8, 4) is 6.07 Å². The topological polar surface area (TPSA) is 90.4 Å². The van der Waals surface area contributed by atoms with Gasteiger partial charge in [0.25, 0.3) is 5.69 Å². The van der Waals surface area contributed by atoms with Crippen LogP contribution < -0.4 is 4.90 Å². The lowest BCUT2D eigenvalue weighted by Gasteiger charge is -2.21. The fourth-order valence-corrected chi connectivity index (χ4v) is 2.48. The third kappa shape index (κ3) is 4.66. The van der Waals surface area contributed by atoms with Crippen molar-refractivity contribution >= 4 is 23.0 Å². The van der Waals surface area contributed by atoms with Crippen molar-refractivity contribution in [3.05, 3.63) is 69.8 Å². The fraction of sp³-hybridized carbons (Fsp3) is 0.211. The van der Waals surface area contributed by atoms with E-state index in [1.807, 2.05) is 31.2 Å². The van der Waals surface area contributed by atoms with Gasteiger partial charge in [-0.15, -0.1) is 0 Å². The molecule has 0 aromatic heterocycles. The van der Waals surface area contributed by atoms with Crippen LogP contribution in [0, 0.1) is 21.4 Å². The molecule has 0 amide bonds. The predicted molar refractivity (Wildman–Crippen MR) is 98.0 cm³/mol. The Morgan fingerprint density at radius 1 is 1.24 bits per heavy atom. The number of nitriles is 1. The third-order valence-corrected chi connectivity index (χ3v) is 3.83. The zero-order valence-corrected chi connectivity index (χ0v) is 13.9. The first-order valence-corrected chi connectivity index (χ1v) is 7.91. The molecule has 6 heteroatoms. The second kappa shape index (κ2) is 8.62. The van der Waals surface area contributed by atoms with Crippen molar-refractivity contribution in [1.29, 1.82) is 5.26 Å². The summed E-state index contributed by atoms with van der Waals surface area (Å²) in [5.74, 6) is 0. The molecule has 0 atom stereocenters. The molecule has 1 N–H and O–H groups in total. The number of aliphatic hydroxyl groups is 1. The zero-order valence-electron chi connectivity index (χ0n) is 13.9. The summed E-state index contributed by atoms with van der Waals surface area (Å²) in [5.41, 5.74) is 2.92. The molecule has 0 saturated carbocycles. The van der Waals surface area contributed by atoms with Crippen molar-refractivity contribution in [1.82, 2.24) is 0 Å². The molecule has 0 fully saturated rings. The average molecular weight is 337 g/mol. The molecule has 0 unspecified atom stereocenters. The Morgan fingerprint density at radius 2 is 1.88 bits per heavy atom. The number of nitro benzene ring substituents is 1. The Kier molecular flexibility index (Phi) is 6.26. The Hall–Kier alpha value is -3.17. The Balaban J connectivity index is 2.24. The summed E-state index contributed by atoms with van der Waals surface area (Å²) in [6.07, 6.45) is 1.74. The van der Waals surface area contributed by atoms with Crippen LogP contribution in [0.3, 0.4) is 0 Å². The van der Waals surface area contributed by atoms with E-state index >= 15 is 0 Å². The minimum Gasteiger partial charge on any atom is -0.395 e. The van der Waals surface area contributed by atoms with Gasteiger partial charge < -0.3 is 10.0 Å². The molecule has 0 heterocycles. The van der Waals surface area contributed by atoms with E-state index in [1.54, 1.807) is 18.2 Å². The van der Waals surface area contributed by atoms with Gasteiger partial charge in [-0.3, -0.25) is 10.1 Å². The first kappa shape index (κ1) is 18.2. The maximum Gasteiger partial charge on any atom is 0.269 e. The molecule has 0 aliphatic carbocycles. The second-order valence-electron chi connectivity index (χ2n) is 5.37. The van der Waals surface area contributed by atoms with Gasteiger partial charge in [-0.1, -0.05) is 12.1 Å². The number of non-ortho nitro benzene ring substituents is 1. The lowest BCUT2D eigenvalue weighted by Crippen LogP contribution is -2.25. The Bertz CT molecular complexity index is 790. The number of benzene rings is 2. The third-order valence-electron chi connectivity index (χ3n) is 3.83. The van der Waals surface area contributed by atoms with Crippen molar-refractivity contribution in [2.45, 2.75) is 6.92 Å². The molecule has 2 rings (SSSR count). The molecule has 0 bridgehead atoms. The zero-order chi connectivity index (χ0) is 18.2. The Morgan fingerprint density at radius 3 is 2.36 bits per heavy atom. The standard InChI is InChI=1S/C19H19N3O3/c1-2-21(11-12-23)18-7-3-15(4-8-18)13-17(14-20)16-5-9-19(10-6-16)22(24)25/h3-10,13,23H,2,11-12H2,1H3/b17-13+. The largest absolute Gasteiger partial charge is 0.395 e. The molecular weight excluding hydrogens is 318 g/mol. The molecule has 0 spiro atoms. The molecule has 2 aromatic carbocycles. The lowest BCUT2D eigenvalue weighted by molar-refractivity contribution is -0.384.